The summed E-state index contributed by atoms with van der Waals surface area (Å²) < 4.78 is 36.2. The van der Waals surface area contributed by atoms with Gasteiger partial charge >= 0.3 is 0 Å². The number of hydrogen-bond donors (Lipinski definition) is 1. The van der Waals surface area contributed by atoms with Gasteiger partial charge in [-0.1, -0.05) is 38.5 Å². The minimum absolute atomic E-state index is 0.00464. The number of rotatable bonds is 6. The molecule has 1 N–H and O–H groups in total. The maximum atomic E-state index is 12.3. The van der Waals surface area contributed by atoms with Crippen LogP contribution in [0, 0.1) is 6.92 Å². The first-order chi connectivity index (χ1) is 11.4. The predicted molar refractivity (Wildman–Crippen MR) is 103 cm³/mol. The van der Waals surface area contributed by atoms with Gasteiger partial charge in [0, 0.05) is 12.6 Å². The number of nitrogens with one attached hydrogen (secondary N) is 1. The van der Waals surface area contributed by atoms with Gasteiger partial charge in [0.2, 0.25) is 0 Å². The highest BCUT2D eigenvalue weighted by molar-refractivity contribution is 7.86. The van der Waals surface area contributed by atoms with Crippen molar-refractivity contribution in [2.24, 2.45) is 0 Å². The van der Waals surface area contributed by atoms with Crippen molar-refractivity contribution in [2.45, 2.75) is 69.3 Å². The zero-order chi connectivity index (χ0) is 18.9. The number of hydrogen-bond acceptors (Lipinski definition) is 5. The molecule has 5 nitrogen and oxygen atoms in total. The maximum absolute atomic E-state index is 12.3. The zero-order valence-corrected chi connectivity index (χ0v) is 17.9. The summed E-state index contributed by atoms with van der Waals surface area (Å²) in [7, 11) is -5.53. The van der Waals surface area contributed by atoms with Gasteiger partial charge in [-0.15, -0.1) is 0 Å². The van der Waals surface area contributed by atoms with E-state index in [1.807, 2.05) is 6.92 Å². The van der Waals surface area contributed by atoms with Crippen LogP contribution < -0.4 is 5.32 Å². The van der Waals surface area contributed by atoms with Crippen molar-refractivity contribution < 1.29 is 17.0 Å². The van der Waals surface area contributed by atoms with Gasteiger partial charge in [0.15, 0.2) is 8.32 Å². The second-order valence-electron chi connectivity index (χ2n) is 8.39. The second-order valence-corrected chi connectivity index (χ2v) is 14.8. The van der Waals surface area contributed by atoms with Crippen molar-refractivity contribution in [2.75, 3.05) is 13.2 Å². The summed E-state index contributed by atoms with van der Waals surface area (Å²) in [6.07, 6.45) is 0.896. The summed E-state index contributed by atoms with van der Waals surface area (Å²) in [6, 6.07) is 6.70. The van der Waals surface area contributed by atoms with Crippen LogP contribution in [0.4, 0.5) is 0 Å². The molecule has 0 amide bonds. The highest BCUT2D eigenvalue weighted by atomic mass is 32.2. The molecule has 0 spiro atoms. The summed E-state index contributed by atoms with van der Waals surface area (Å²) in [6.45, 7) is 13.9. The first-order valence-corrected chi connectivity index (χ1v) is 13.1. The van der Waals surface area contributed by atoms with Gasteiger partial charge in [0.05, 0.1) is 17.6 Å². The van der Waals surface area contributed by atoms with E-state index in [1.54, 1.807) is 24.3 Å². The van der Waals surface area contributed by atoms with E-state index in [-0.39, 0.29) is 28.7 Å². The molecule has 1 aliphatic heterocycles. The zero-order valence-electron chi connectivity index (χ0n) is 16.1. The van der Waals surface area contributed by atoms with E-state index in [0.717, 1.165) is 18.5 Å². The molecular formula is C18H31NO4SSi. The fourth-order valence-corrected chi connectivity index (χ4v) is 4.85. The largest absolute Gasteiger partial charge is 0.413 e. The standard InChI is InChI=1S/C18H31NO4SSi/c1-14-7-9-17(10-8-14)24(20,21)22-13-15-11-16(12-19-15)23-25(5,6)18(2,3)4/h7-10,15-16,19H,11-13H2,1-6H3/t15-,16+/m0/s1. The quantitative estimate of drug-likeness (QED) is 0.600. The van der Waals surface area contributed by atoms with Crippen LogP contribution in [-0.2, 0) is 18.7 Å². The van der Waals surface area contributed by atoms with Crippen LogP contribution in [0.25, 0.3) is 0 Å². The van der Waals surface area contributed by atoms with Gasteiger partial charge < -0.3 is 9.74 Å². The first-order valence-electron chi connectivity index (χ1n) is 8.78. The molecule has 0 aliphatic carbocycles. The number of benzene rings is 1. The molecule has 0 saturated carbocycles. The molecule has 0 radical (unpaired) electrons. The maximum Gasteiger partial charge on any atom is 0.297 e. The van der Waals surface area contributed by atoms with E-state index >= 15 is 0 Å². The third-order valence-electron chi connectivity index (χ3n) is 5.18. The predicted octanol–water partition coefficient (Wildman–Crippen LogP) is 3.45. The Balaban J connectivity index is 1.88. The van der Waals surface area contributed by atoms with E-state index in [9.17, 15) is 8.42 Å². The lowest BCUT2D eigenvalue weighted by molar-refractivity contribution is 0.191. The molecule has 2 atom stereocenters. The van der Waals surface area contributed by atoms with Crippen LogP contribution >= 0.6 is 0 Å². The molecule has 1 saturated heterocycles. The molecule has 142 valence electrons. The Hall–Kier alpha value is -0.733. The molecule has 25 heavy (non-hydrogen) atoms. The van der Waals surface area contributed by atoms with Crippen molar-refractivity contribution in [1.82, 2.24) is 5.32 Å². The van der Waals surface area contributed by atoms with Crippen LogP contribution in [0.5, 0.6) is 0 Å². The van der Waals surface area contributed by atoms with Gasteiger partial charge in [-0.2, -0.15) is 8.42 Å². The lowest BCUT2D eigenvalue weighted by Crippen LogP contribution is -2.44. The third kappa shape index (κ3) is 5.37. The number of aryl methyl sites for hydroxylation is 1. The van der Waals surface area contributed by atoms with Crippen molar-refractivity contribution in [1.29, 1.82) is 0 Å². The van der Waals surface area contributed by atoms with E-state index in [0.29, 0.717) is 0 Å². The topological polar surface area (TPSA) is 64.6 Å². The molecule has 0 aromatic heterocycles. The lowest BCUT2D eigenvalue weighted by Gasteiger charge is -2.38. The highest BCUT2D eigenvalue weighted by Gasteiger charge is 2.40. The Bertz CT molecular complexity index is 680. The van der Waals surface area contributed by atoms with Gasteiger partial charge in [0.1, 0.15) is 0 Å². The summed E-state index contributed by atoms with van der Waals surface area (Å²) in [5.41, 5.74) is 1.02. The van der Waals surface area contributed by atoms with Crippen molar-refractivity contribution in [3.05, 3.63) is 29.8 Å². The Labute approximate surface area is 153 Å². The van der Waals surface area contributed by atoms with Crippen LogP contribution in [0.2, 0.25) is 18.1 Å². The minimum atomic E-state index is -3.71. The smallest absolute Gasteiger partial charge is 0.297 e. The second kappa shape index (κ2) is 7.48. The Morgan fingerprint density at radius 3 is 2.36 bits per heavy atom. The van der Waals surface area contributed by atoms with Crippen molar-refractivity contribution >= 4 is 18.4 Å². The Kier molecular flexibility index (Phi) is 6.16. The van der Waals surface area contributed by atoms with Crippen LogP contribution in [0.15, 0.2) is 29.2 Å². The monoisotopic (exact) mass is 385 g/mol. The average molecular weight is 386 g/mol. The van der Waals surface area contributed by atoms with Gasteiger partial charge in [-0.3, -0.25) is 4.18 Å². The van der Waals surface area contributed by atoms with E-state index in [2.05, 4.69) is 39.2 Å². The van der Waals surface area contributed by atoms with Crippen LogP contribution in [0.1, 0.15) is 32.8 Å². The Morgan fingerprint density at radius 1 is 1.20 bits per heavy atom. The molecule has 1 fully saturated rings. The summed E-state index contributed by atoms with van der Waals surface area (Å²) in [5, 5.41) is 3.48. The lowest BCUT2D eigenvalue weighted by atomic mass is 10.2. The molecular weight excluding hydrogens is 354 g/mol. The molecule has 1 heterocycles. The first kappa shape index (κ1) is 20.6. The molecule has 7 heteroatoms. The minimum Gasteiger partial charge on any atom is -0.413 e. The van der Waals surface area contributed by atoms with Gasteiger partial charge in [-0.05, 0) is 43.6 Å². The van der Waals surface area contributed by atoms with E-state index < -0.39 is 18.4 Å². The SMILES string of the molecule is Cc1ccc(S(=O)(=O)OC[C@@H]2C[C@@H](O[Si](C)(C)C(C)(C)C)CN2)cc1. The van der Waals surface area contributed by atoms with Gasteiger partial charge in [-0.25, -0.2) is 0 Å². The normalized spacial score (nSPS) is 22.3. The molecule has 2 rings (SSSR count). The molecule has 1 aromatic rings. The molecule has 1 aromatic carbocycles. The van der Waals surface area contributed by atoms with Crippen LogP contribution in [0.3, 0.4) is 0 Å². The van der Waals surface area contributed by atoms with E-state index in [4.69, 9.17) is 8.61 Å². The fraction of sp³-hybridized carbons (Fsp3) is 0.667. The fourth-order valence-electron chi connectivity index (χ4n) is 2.54. The van der Waals surface area contributed by atoms with Gasteiger partial charge in [0.25, 0.3) is 10.1 Å². The molecule has 0 unspecified atom stereocenters. The highest BCUT2D eigenvalue weighted by Crippen LogP contribution is 2.38. The van der Waals surface area contributed by atoms with Crippen LogP contribution in [-0.4, -0.2) is 42.0 Å². The third-order valence-corrected chi connectivity index (χ3v) is 11.0. The molecule has 1 aliphatic rings. The summed E-state index contributed by atoms with van der Waals surface area (Å²) >= 11 is 0. The van der Waals surface area contributed by atoms with E-state index in [1.165, 1.54) is 0 Å². The summed E-state index contributed by atoms with van der Waals surface area (Å²) in [4.78, 5) is 0.199. The van der Waals surface area contributed by atoms with Crippen molar-refractivity contribution in [3.8, 4) is 0 Å². The molecule has 0 bridgehead atoms. The summed E-state index contributed by atoms with van der Waals surface area (Å²) in [5.74, 6) is 0. The Morgan fingerprint density at radius 2 is 1.80 bits per heavy atom. The van der Waals surface area contributed by atoms with Crippen molar-refractivity contribution in [3.63, 3.8) is 0 Å². The average Bonchev–Trinajstić information content (AvgIpc) is 2.91.